The Morgan fingerprint density at radius 2 is 1.89 bits per heavy atom. The lowest BCUT2D eigenvalue weighted by Crippen LogP contribution is -2.27. The van der Waals surface area contributed by atoms with Crippen LogP contribution in [0.3, 0.4) is 0 Å². The van der Waals surface area contributed by atoms with E-state index in [0.717, 1.165) is 10.0 Å². The maximum atomic E-state index is 12.6. The van der Waals surface area contributed by atoms with Crippen LogP contribution in [0.1, 0.15) is 21.7 Å². The van der Waals surface area contributed by atoms with Crippen LogP contribution in [0.4, 0.5) is 11.4 Å². The van der Waals surface area contributed by atoms with Gasteiger partial charge in [-0.05, 0) is 37.6 Å². The summed E-state index contributed by atoms with van der Waals surface area (Å²) in [5.41, 5.74) is 0.893. The molecule has 0 aliphatic carbocycles. The second kappa shape index (κ2) is 7.73. The molecule has 3 rings (SSSR count). The smallest absolute Gasteiger partial charge is 0.294 e. The normalized spacial score (nSPS) is 10.5. The Kier molecular flexibility index (Phi) is 5.36. The van der Waals surface area contributed by atoms with Crippen molar-refractivity contribution in [3.63, 3.8) is 0 Å². The molecule has 1 aromatic heterocycles. The fourth-order valence-corrected chi connectivity index (χ4v) is 2.99. The summed E-state index contributed by atoms with van der Waals surface area (Å²) in [5, 5.41) is 18.0. The third-order valence-corrected chi connectivity index (χ3v) is 4.91. The number of benzene rings is 2. The van der Waals surface area contributed by atoms with Gasteiger partial charge in [-0.2, -0.15) is 5.10 Å². The van der Waals surface area contributed by atoms with E-state index in [4.69, 9.17) is 0 Å². The molecule has 28 heavy (non-hydrogen) atoms. The second-order valence-electron chi connectivity index (χ2n) is 6.07. The highest BCUT2D eigenvalue weighted by Gasteiger charge is 2.20. The van der Waals surface area contributed by atoms with E-state index < -0.39 is 16.3 Å². The number of aryl methyl sites for hydroxylation is 2. The average molecular weight is 443 g/mol. The second-order valence-corrected chi connectivity index (χ2v) is 6.93. The molecule has 142 valence electrons. The van der Waals surface area contributed by atoms with Crippen molar-refractivity contribution in [1.82, 2.24) is 9.78 Å². The molecule has 1 heterocycles. The Morgan fingerprint density at radius 1 is 1.18 bits per heavy atom. The van der Waals surface area contributed by atoms with Crippen LogP contribution >= 0.6 is 15.9 Å². The molecule has 0 atom stereocenters. The van der Waals surface area contributed by atoms with Crippen molar-refractivity contribution in [3.8, 4) is 5.69 Å². The lowest BCUT2D eigenvalue weighted by atomic mass is 10.2. The van der Waals surface area contributed by atoms with Gasteiger partial charge in [0.15, 0.2) is 5.69 Å². The zero-order valence-corrected chi connectivity index (χ0v) is 16.6. The van der Waals surface area contributed by atoms with E-state index in [1.165, 1.54) is 28.9 Å². The maximum absolute atomic E-state index is 12.6. The first-order valence-electron chi connectivity index (χ1n) is 8.20. The zero-order chi connectivity index (χ0) is 20.4. The van der Waals surface area contributed by atoms with E-state index in [2.05, 4.69) is 26.3 Å². The van der Waals surface area contributed by atoms with Crippen molar-refractivity contribution in [2.24, 2.45) is 0 Å². The molecule has 0 saturated heterocycles. The molecular weight excluding hydrogens is 428 g/mol. The molecular formula is C19H15BrN4O4. The predicted octanol–water partition coefficient (Wildman–Crippen LogP) is 3.77. The first kappa shape index (κ1) is 19.4. The van der Waals surface area contributed by atoms with Gasteiger partial charge in [-0.25, -0.2) is 4.68 Å². The fourth-order valence-electron chi connectivity index (χ4n) is 2.61. The Bertz CT molecular complexity index is 1160. The van der Waals surface area contributed by atoms with Crippen LogP contribution in [0.15, 0.2) is 57.8 Å². The highest BCUT2D eigenvalue weighted by Crippen LogP contribution is 2.23. The molecule has 2 aromatic carbocycles. The summed E-state index contributed by atoms with van der Waals surface area (Å²) in [4.78, 5) is 35.7. The van der Waals surface area contributed by atoms with Gasteiger partial charge in [0.2, 0.25) is 5.43 Å². The van der Waals surface area contributed by atoms with Gasteiger partial charge in [0.05, 0.1) is 4.92 Å². The quantitative estimate of drug-likeness (QED) is 0.488. The monoisotopic (exact) mass is 442 g/mol. The van der Waals surface area contributed by atoms with Gasteiger partial charge in [-0.15, -0.1) is 0 Å². The summed E-state index contributed by atoms with van der Waals surface area (Å²) in [5.74, 6) is -0.701. The van der Waals surface area contributed by atoms with E-state index >= 15 is 0 Å². The minimum Gasteiger partial charge on any atom is -0.320 e. The SMILES string of the molecule is Cc1ccc(NC(=O)c2nn(-c3ccccc3[N+](=O)[O-])c(C)cc2=O)cc1Br. The summed E-state index contributed by atoms with van der Waals surface area (Å²) in [6, 6.07) is 12.4. The Morgan fingerprint density at radius 3 is 2.57 bits per heavy atom. The van der Waals surface area contributed by atoms with Crippen LogP contribution in [0, 0.1) is 24.0 Å². The average Bonchev–Trinajstić information content (AvgIpc) is 2.64. The van der Waals surface area contributed by atoms with E-state index in [9.17, 15) is 19.7 Å². The number of hydrogen-bond donors (Lipinski definition) is 1. The van der Waals surface area contributed by atoms with Crippen LogP contribution in [-0.4, -0.2) is 20.6 Å². The lowest BCUT2D eigenvalue weighted by Gasteiger charge is -2.12. The molecule has 0 spiro atoms. The number of nitro groups is 1. The summed E-state index contributed by atoms with van der Waals surface area (Å²) in [7, 11) is 0. The molecule has 0 aliphatic heterocycles. The molecule has 1 N–H and O–H groups in total. The van der Waals surface area contributed by atoms with Crippen LogP contribution in [0.2, 0.25) is 0 Å². The van der Waals surface area contributed by atoms with Gasteiger partial charge in [0, 0.05) is 28.0 Å². The van der Waals surface area contributed by atoms with Crippen molar-refractivity contribution >= 4 is 33.2 Å². The van der Waals surface area contributed by atoms with E-state index in [0.29, 0.717) is 11.4 Å². The van der Waals surface area contributed by atoms with Gasteiger partial charge in [-0.1, -0.05) is 34.1 Å². The number of para-hydroxylation sites is 2. The highest BCUT2D eigenvalue weighted by atomic mass is 79.9. The molecule has 8 nitrogen and oxygen atoms in total. The van der Waals surface area contributed by atoms with Crippen molar-refractivity contribution < 1.29 is 9.72 Å². The third kappa shape index (κ3) is 3.84. The number of carbonyl (C=O) groups is 1. The van der Waals surface area contributed by atoms with E-state index in [1.807, 2.05) is 13.0 Å². The topological polar surface area (TPSA) is 107 Å². The summed E-state index contributed by atoms with van der Waals surface area (Å²) in [6.45, 7) is 3.49. The summed E-state index contributed by atoms with van der Waals surface area (Å²) < 4.78 is 2.03. The number of anilines is 1. The molecule has 9 heteroatoms. The number of carbonyl (C=O) groups excluding carboxylic acids is 1. The van der Waals surface area contributed by atoms with Crippen LogP contribution in [-0.2, 0) is 0 Å². The highest BCUT2D eigenvalue weighted by molar-refractivity contribution is 9.10. The van der Waals surface area contributed by atoms with Crippen LogP contribution in [0.5, 0.6) is 0 Å². The van der Waals surface area contributed by atoms with Gasteiger partial charge in [0.25, 0.3) is 11.6 Å². The molecule has 0 unspecified atom stereocenters. The van der Waals surface area contributed by atoms with Crippen molar-refractivity contribution in [1.29, 1.82) is 0 Å². The van der Waals surface area contributed by atoms with Gasteiger partial charge < -0.3 is 5.32 Å². The summed E-state index contributed by atoms with van der Waals surface area (Å²) in [6.07, 6.45) is 0. The third-order valence-electron chi connectivity index (χ3n) is 4.06. The van der Waals surface area contributed by atoms with E-state index in [-0.39, 0.29) is 17.1 Å². The first-order chi connectivity index (χ1) is 13.3. The van der Waals surface area contributed by atoms with Crippen LogP contribution < -0.4 is 10.7 Å². The number of hydrogen-bond acceptors (Lipinski definition) is 5. The molecule has 3 aromatic rings. The van der Waals surface area contributed by atoms with Crippen molar-refractivity contribution in [3.05, 3.63) is 90.3 Å². The van der Waals surface area contributed by atoms with Crippen molar-refractivity contribution in [2.45, 2.75) is 13.8 Å². The number of nitrogens with one attached hydrogen (secondary N) is 1. The number of amides is 1. The van der Waals surface area contributed by atoms with Gasteiger partial charge in [0.1, 0.15) is 5.69 Å². The summed E-state index contributed by atoms with van der Waals surface area (Å²) >= 11 is 3.38. The minimum atomic E-state index is -0.701. The Hall–Kier alpha value is -3.33. The maximum Gasteiger partial charge on any atom is 0.294 e. The number of halogens is 1. The van der Waals surface area contributed by atoms with Gasteiger partial charge in [-0.3, -0.25) is 19.7 Å². The molecule has 0 fully saturated rings. The standard InChI is InChI=1S/C19H15BrN4O4/c1-11-7-8-13(10-14(11)20)21-19(26)18-17(25)9-12(2)23(22-18)15-5-3-4-6-16(15)24(27)28/h3-10H,1-2H3,(H,21,26). The fraction of sp³-hybridized carbons (Fsp3) is 0.105. The van der Waals surface area contributed by atoms with Crippen molar-refractivity contribution in [2.75, 3.05) is 5.32 Å². The molecule has 0 radical (unpaired) electrons. The number of aromatic nitrogens is 2. The van der Waals surface area contributed by atoms with Crippen LogP contribution in [0.25, 0.3) is 5.69 Å². The Balaban J connectivity index is 2.05. The van der Waals surface area contributed by atoms with Gasteiger partial charge >= 0.3 is 0 Å². The number of nitro benzene ring substituents is 1. The number of nitrogens with zero attached hydrogens (tertiary/aromatic N) is 3. The lowest BCUT2D eigenvalue weighted by molar-refractivity contribution is -0.384. The van der Waals surface area contributed by atoms with E-state index in [1.54, 1.807) is 25.1 Å². The predicted molar refractivity (Wildman–Crippen MR) is 108 cm³/mol. The number of rotatable bonds is 4. The first-order valence-corrected chi connectivity index (χ1v) is 8.99. The molecule has 0 bridgehead atoms. The Labute approximate surface area is 168 Å². The molecule has 0 aliphatic rings. The zero-order valence-electron chi connectivity index (χ0n) is 15.0. The molecule has 1 amide bonds. The minimum absolute atomic E-state index is 0.164. The largest absolute Gasteiger partial charge is 0.320 e. The molecule has 0 saturated carbocycles.